The zero-order chi connectivity index (χ0) is 11.6. The van der Waals surface area contributed by atoms with Crippen LogP contribution in [0.4, 0.5) is 13.2 Å². The van der Waals surface area contributed by atoms with Crippen molar-refractivity contribution < 1.29 is 13.2 Å². The molecular weight excluding hydrogens is 225 g/mol. The SMILES string of the molecule is CC(C)=Cc1ccc(Cl)c(C(F)(F)F)c1. The molecule has 0 saturated carbocycles. The number of hydrogen-bond acceptors (Lipinski definition) is 0. The molecule has 0 radical (unpaired) electrons. The highest BCUT2D eigenvalue weighted by atomic mass is 35.5. The molecule has 0 spiro atoms. The molecule has 0 atom stereocenters. The van der Waals surface area contributed by atoms with Crippen LogP contribution in [0.5, 0.6) is 0 Å². The van der Waals surface area contributed by atoms with Crippen LogP contribution in [0.3, 0.4) is 0 Å². The molecule has 0 bridgehead atoms. The predicted octanol–water partition coefficient (Wildman–Crippen LogP) is 4.78. The molecule has 0 amide bonds. The summed E-state index contributed by atoms with van der Waals surface area (Å²) in [5.41, 5.74) is 0.649. The first-order chi connectivity index (χ1) is 6.80. The van der Waals surface area contributed by atoms with Crippen molar-refractivity contribution in [2.24, 2.45) is 0 Å². The standard InChI is InChI=1S/C11H10ClF3/c1-7(2)5-8-3-4-10(12)9(6-8)11(13,14)15/h3-6H,1-2H3. The van der Waals surface area contributed by atoms with Crippen molar-refractivity contribution in [1.82, 2.24) is 0 Å². The molecule has 0 unspecified atom stereocenters. The minimum absolute atomic E-state index is 0.270. The largest absolute Gasteiger partial charge is 0.417 e. The van der Waals surface area contributed by atoms with Crippen LogP contribution in [0.1, 0.15) is 25.0 Å². The normalized spacial score (nSPS) is 11.3. The summed E-state index contributed by atoms with van der Waals surface area (Å²) in [6, 6.07) is 3.87. The van der Waals surface area contributed by atoms with E-state index in [1.165, 1.54) is 6.07 Å². The Morgan fingerprint density at radius 3 is 2.33 bits per heavy atom. The molecule has 1 aromatic carbocycles. The fourth-order valence-corrected chi connectivity index (χ4v) is 1.41. The maximum absolute atomic E-state index is 12.5. The van der Waals surface area contributed by atoms with Gasteiger partial charge in [-0.2, -0.15) is 13.2 Å². The summed E-state index contributed by atoms with van der Waals surface area (Å²) in [6.07, 6.45) is -2.73. The summed E-state index contributed by atoms with van der Waals surface area (Å²) in [5.74, 6) is 0. The molecule has 0 aromatic heterocycles. The summed E-state index contributed by atoms with van der Waals surface area (Å²) < 4.78 is 37.4. The summed E-state index contributed by atoms with van der Waals surface area (Å²) in [7, 11) is 0. The maximum atomic E-state index is 12.5. The van der Waals surface area contributed by atoms with Crippen LogP contribution in [0.15, 0.2) is 23.8 Å². The van der Waals surface area contributed by atoms with E-state index in [0.29, 0.717) is 5.56 Å². The molecule has 15 heavy (non-hydrogen) atoms. The Morgan fingerprint density at radius 2 is 1.87 bits per heavy atom. The molecule has 0 heterocycles. The van der Waals surface area contributed by atoms with Crippen molar-refractivity contribution in [3.63, 3.8) is 0 Å². The second-order valence-corrected chi connectivity index (χ2v) is 3.87. The van der Waals surface area contributed by atoms with Crippen LogP contribution in [-0.2, 0) is 6.18 Å². The summed E-state index contributed by atoms with van der Waals surface area (Å²) in [6.45, 7) is 3.64. The zero-order valence-electron chi connectivity index (χ0n) is 8.32. The van der Waals surface area contributed by atoms with Gasteiger partial charge in [0, 0.05) is 0 Å². The molecule has 0 aliphatic heterocycles. The topological polar surface area (TPSA) is 0 Å². The van der Waals surface area contributed by atoms with Gasteiger partial charge in [-0.25, -0.2) is 0 Å². The van der Waals surface area contributed by atoms with E-state index in [0.717, 1.165) is 11.6 Å². The molecule has 0 N–H and O–H groups in total. The van der Waals surface area contributed by atoms with Crippen molar-refractivity contribution in [2.45, 2.75) is 20.0 Å². The van der Waals surface area contributed by atoms with Gasteiger partial charge in [0.25, 0.3) is 0 Å². The van der Waals surface area contributed by atoms with Gasteiger partial charge in [0.05, 0.1) is 10.6 Å². The van der Waals surface area contributed by atoms with E-state index in [4.69, 9.17) is 11.6 Å². The Kier molecular flexibility index (Phi) is 3.45. The number of alkyl halides is 3. The van der Waals surface area contributed by atoms with E-state index in [2.05, 4.69) is 0 Å². The predicted molar refractivity (Wildman–Crippen MR) is 55.8 cm³/mol. The lowest BCUT2D eigenvalue weighted by atomic mass is 10.1. The first kappa shape index (κ1) is 12.1. The van der Waals surface area contributed by atoms with Gasteiger partial charge in [-0.3, -0.25) is 0 Å². The minimum Gasteiger partial charge on any atom is -0.166 e. The Balaban J connectivity index is 3.23. The molecule has 0 aliphatic rings. The second-order valence-electron chi connectivity index (χ2n) is 3.46. The quantitative estimate of drug-likeness (QED) is 0.656. The number of hydrogen-bond donors (Lipinski definition) is 0. The van der Waals surface area contributed by atoms with Gasteiger partial charge in [0.2, 0.25) is 0 Å². The highest BCUT2D eigenvalue weighted by molar-refractivity contribution is 6.31. The lowest BCUT2D eigenvalue weighted by molar-refractivity contribution is -0.137. The Morgan fingerprint density at radius 1 is 1.27 bits per heavy atom. The first-order valence-corrected chi connectivity index (χ1v) is 4.70. The molecule has 4 heteroatoms. The maximum Gasteiger partial charge on any atom is 0.417 e. The summed E-state index contributed by atoms with van der Waals surface area (Å²) in [5, 5.41) is -0.270. The Hall–Kier alpha value is -0.960. The van der Waals surface area contributed by atoms with E-state index in [1.807, 2.05) is 13.8 Å². The molecule has 0 fully saturated rings. The highest BCUT2D eigenvalue weighted by Gasteiger charge is 2.33. The van der Waals surface area contributed by atoms with Crippen molar-refractivity contribution in [2.75, 3.05) is 0 Å². The third kappa shape index (κ3) is 3.27. The average Bonchev–Trinajstić information content (AvgIpc) is 2.05. The molecule has 82 valence electrons. The third-order valence-electron chi connectivity index (χ3n) is 1.75. The van der Waals surface area contributed by atoms with Crippen molar-refractivity contribution in [3.8, 4) is 0 Å². The van der Waals surface area contributed by atoms with Crippen LogP contribution in [0.2, 0.25) is 5.02 Å². The van der Waals surface area contributed by atoms with Crippen LogP contribution in [-0.4, -0.2) is 0 Å². The third-order valence-corrected chi connectivity index (χ3v) is 2.08. The van der Waals surface area contributed by atoms with Crippen LogP contribution in [0.25, 0.3) is 6.08 Å². The van der Waals surface area contributed by atoms with Gasteiger partial charge >= 0.3 is 6.18 Å². The first-order valence-electron chi connectivity index (χ1n) is 4.32. The zero-order valence-corrected chi connectivity index (χ0v) is 9.08. The van der Waals surface area contributed by atoms with Crippen LogP contribution >= 0.6 is 11.6 Å². The Labute approximate surface area is 91.4 Å². The molecule has 0 aliphatic carbocycles. The summed E-state index contributed by atoms with van der Waals surface area (Å²) >= 11 is 5.48. The lowest BCUT2D eigenvalue weighted by Gasteiger charge is -2.09. The molecular formula is C11H10ClF3. The molecule has 1 aromatic rings. The fraction of sp³-hybridized carbons (Fsp3) is 0.273. The lowest BCUT2D eigenvalue weighted by Crippen LogP contribution is -2.05. The second kappa shape index (κ2) is 4.27. The van der Waals surface area contributed by atoms with Crippen molar-refractivity contribution >= 4 is 17.7 Å². The number of rotatable bonds is 1. The van der Waals surface area contributed by atoms with Gasteiger partial charge in [0.1, 0.15) is 0 Å². The van der Waals surface area contributed by atoms with E-state index < -0.39 is 11.7 Å². The van der Waals surface area contributed by atoms with Gasteiger partial charge in [0.15, 0.2) is 0 Å². The molecule has 1 rings (SSSR count). The number of allylic oxidation sites excluding steroid dienone is 1. The molecule has 0 saturated heterocycles. The molecule has 0 nitrogen and oxygen atoms in total. The summed E-state index contributed by atoms with van der Waals surface area (Å²) in [4.78, 5) is 0. The monoisotopic (exact) mass is 234 g/mol. The van der Waals surface area contributed by atoms with Gasteiger partial charge < -0.3 is 0 Å². The fourth-order valence-electron chi connectivity index (χ4n) is 1.18. The number of benzene rings is 1. The Bertz CT molecular complexity index is 387. The highest BCUT2D eigenvalue weighted by Crippen LogP contribution is 2.35. The van der Waals surface area contributed by atoms with E-state index in [-0.39, 0.29) is 5.02 Å². The van der Waals surface area contributed by atoms with Gasteiger partial charge in [-0.1, -0.05) is 29.3 Å². The van der Waals surface area contributed by atoms with Gasteiger partial charge in [-0.15, -0.1) is 0 Å². The average molecular weight is 235 g/mol. The van der Waals surface area contributed by atoms with E-state index in [1.54, 1.807) is 12.1 Å². The van der Waals surface area contributed by atoms with Crippen LogP contribution < -0.4 is 0 Å². The minimum atomic E-state index is -4.40. The van der Waals surface area contributed by atoms with Crippen molar-refractivity contribution in [3.05, 3.63) is 39.9 Å². The van der Waals surface area contributed by atoms with E-state index >= 15 is 0 Å². The van der Waals surface area contributed by atoms with Gasteiger partial charge in [-0.05, 0) is 31.5 Å². The smallest absolute Gasteiger partial charge is 0.166 e. The van der Waals surface area contributed by atoms with Crippen molar-refractivity contribution in [1.29, 1.82) is 0 Å². The van der Waals surface area contributed by atoms with E-state index in [9.17, 15) is 13.2 Å². The number of halogens is 4. The van der Waals surface area contributed by atoms with Crippen LogP contribution in [0, 0.1) is 0 Å².